The van der Waals surface area contributed by atoms with Crippen molar-refractivity contribution in [1.82, 2.24) is 4.90 Å². The maximum absolute atomic E-state index is 2.72. The molecule has 1 saturated heterocycles. The first kappa shape index (κ1) is 8.55. The normalized spacial score (nSPS) is 38.5. The van der Waals surface area contributed by atoms with Crippen LogP contribution in [-0.2, 0) is 0 Å². The summed E-state index contributed by atoms with van der Waals surface area (Å²) in [5.74, 6) is 1.96. The van der Waals surface area contributed by atoms with Gasteiger partial charge in [-0.15, -0.1) is 0 Å². The van der Waals surface area contributed by atoms with Gasteiger partial charge in [0, 0.05) is 12.6 Å². The van der Waals surface area contributed by atoms with Gasteiger partial charge < -0.3 is 4.90 Å². The van der Waals surface area contributed by atoms with Crippen molar-refractivity contribution in [2.45, 2.75) is 45.6 Å². The van der Waals surface area contributed by atoms with Crippen molar-refractivity contribution in [2.75, 3.05) is 13.1 Å². The molecule has 0 N–H and O–H groups in total. The Morgan fingerprint density at radius 3 is 2.50 bits per heavy atom. The summed E-state index contributed by atoms with van der Waals surface area (Å²) in [7, 11) is 0. The van der Waals surface area contributed by atoms with E-state index in [1.54, 1.807) is 0 Å². The summed E-state index contributed by atoms with van der Waals surface area (Å²) in [6.45, 7) is 7.54. The van der Waals surface area contributed by atoms with Crippen LogP contribution in [0.5, 0.6) is 0 Å². The lowest BCUT2D eigenvalue weighted by Gasteiger charge is -2.36. The van der Waals surface area contributed by atoms with Gasteiger partial charge in [0.2, 0.25) is 0 Å². The maximum atomic E-state index is 2.72. The molecular weight excluding hydrogens is 146 g/mol. The Morgan fingerprint density at radius 1 is 1.25 bits per heavy atom. The Labute approximate surface area is 76.1 Å². The standard InChI is InChI=1S/C11H21N/c1-3-10-6-7-12(8-9(10)2)11-4-5-11/h9-11H,3-8H2,1-2H3/t9-,10+/m1/s1. The van der Waals surface area contributed by atoms with Crippen LogP contribution in [0.15, 0.2) is 0 Å². The lowest BCUT2D eigenvalue weighted by atomic mass is 9.85. The van der Waals surface area contributed by atoms with Crippen LogP contribution in [0.2, 0.25) is 0 Å². The fourth-order valence-electron chi connectivity index (χ4n) is 2.60. The molecule has 0 aromatic rings. The molecule has 1 aliphatic heterocycles. The minimum atomic E-state index is 0.948. The molecule has 0 amide bonds. The van der Waals surface area contributed by atoms with E-state index in [1.807, 2.05) is 0 Å². The maximum Gasteiger partial charge on any atom is 0.00965 e. The predicted molar refractivity (Wildman–Crippen MR) is 52.2 cm³/mol. The molecule has 1 heterocycles. The molecule has 1 heteroatoms. The molecule has 1 nitrogen and oxygen atoms in total. The third-order valence-electron chi connectivity index (χ3n) is 3.70. The molecule has 0 bridgehead atoms. The first-order valence-corrected chi connectivity index (χ1v) is 5.55. The molecule has 0 spiro atoms. The largest absolute Gasteiger partial charge is 0.300 e. The van der Waals surface area contributed by atoms with Crippen molar-refractivity contribution in [2.24, 2.45) is 11.8 Å². The van der Waals surface area contributed by atoms with Gasteiger partial charge in [0.15, 0.2) is 0 Å². The summed E-state index contributed by atoms with van der Waals surface area (Å²) < 4.78 is 0. The minimum Gasteiger partial charge on any atom is -0.300 e. The Kier molecular flexibility index (Phi) is 2.40. The van der Waals surface area contributed by atoms with E-state index in [2.05, 4.69) is 18.7 Å². The molecule has 0 radical (unpaired) electrons. The summed E-state index contributed by atoms with van der Waals surface area (Å²) in [6, 6.07) is 0.991. The van der Waals surface area contributed by atoms with Crippen LogP contribution in [0.4, 0.5) is 0 Å². The van der Waals surface area contributed by atoms with Crippen LogP contribution in [0, 0.1) is 11.8 Å². The number of hydrogen-bond acceptors (Lipinski definition) is 1. The summed E-state index contributed by atoms with van der Waals surface area (Å²) in [6.07, 6.45) is 5.79. The lowest BCUT2D eigenvalue weighted by molar-refractivity contribution is 0.120. The van der Waals surface area contributed by atoms with Crippen molar-refractivity contribution in [3.63, 3.8) is 0 Å². The molecule has 0 aromatic heterocycles. The van der Waals surface area contributed by atoms with Gasteiger partial charge in [-0.1, -0.05) is 20.3 Å². The zero-order valence-corrected chi connectivity index (χ0v) is 8.42. The summed E-state index contributed by atoms with van der Waals surface area (Å²) in [4.78, 5) is 2.72. The van der Waals surface area contributed by atoms with Gasteiger partial charge in [-0.25, -0.2) is 0 Å². The van der Waals surface area contributed by atoms with Gasteiger partial charge in [0.25, 0.3) is 0 Å². The topological polar surface area (TPSA) is 3.24 Å². The molecule has 2 rings (SSSR count). The zero-order valence-electron chi connectivity index (χ0n) is 8.42. The molecule has 70 valence electrons. The monoisotopic (exact) mass is 167 g/mol. The van der Waals surface area contributed by atoms with E-state index in [9.17, 15) is 0 Å². The predicted octanol–water partition coefficient (Wildman–Crippen LogP) is 2.52. The number of hydrogen-bond donors (Lipinski definition) is 0. The van der Waals surface area contributed by atoms with E-state index in [0.717, 1.165) is 17.9 Å². The van der Waals surface area contributed by atoms with Crippen molar-refractivity contribution in [3.8, 4) is 0 Å². The number of nitrogens with zero attached hydrogens (tertiary/aromatic N) is 1. The molecular formula is C11H21N. The Hall–Kier alpha value is -0.0400. The highest BCUT2D eigenvalue weighted by atomic mass is 15.2. The summed E-state index contributed by atoms with van der Waals surface area (Å²) >= 11 is 0. The molecule has 0 aromatic carbocycles. The number of piperidine rings is 1. The Morgan fingerprint density at radius 2 is 2.00 bits per heavy atom. The third-order valence-corrected chi connectivity index (χ3v) is 3.70. The van der Waals surface area contributed by atoms with Crippen molar-refractivity contribution >= 4 is 0 Å². The van der Waals surface area contributed by atoms with Crippen LogP contribution < -0.4 is 0 Å². The van der Waals surface area contributed by atoms with E-state index in [-0.39, 0.29) is 0 Å². The van der Waals surface area contributed by atoms with E-state index < -0.39 is 0 Å². The van der Waals surface area contributed by atoms with Gasteiger partial charge in [-0.3, -0.25) is 0 Å². The highest BCUT2D eigenvalue weighted by molar-refractivity contribution is 4.88. The van der Waals surface area contributed by atoms with Crippen LogP contribution >= 0.6 is 0 Å². The quantitative estimate of drug-likeness (QED) is 0.611. The van der Waals surface area contributed by atoms with E-state index in [0.29, 0.717) is 0 Å². The van der Waals surface area contributed by atoms with E-state index in [1.165, 1.54) is 38.8 Å². The van der Waals surface area contributed by atoms with Gasteiger partial charge in [-0.05, 0) is 37.6 Å². The molecule has 12 heavy (non-hydrogen) atoms. The van der Waals surface area contributed by atoms with Gasteiger partial charge >= 0.3 is 0 Å². The van der Waals surface area contributed by atoms with E-state index in [4.69, 9.17) is 0 Å². The molecule has 2 aliphatic rings. The molecule has 1 saturated carbocycles. The smallest absolute Gasteiger partial charge is 0.00965 e. The average Bonchev–Trinajstić information content (AvgIpc) is 2.86. The molecule has 0 unspecified atom stereocenters. The fourth-order valence-corrected chi connectivity index (χ4v) is 2.60. The third kappa shape index (κ3) is 1.66. The van der Waals surface area contributed by atoms with Crippen LogP contribution in [0.1, 0.15) is 39.5 Å². The number of likely N-dealkylation sites (tertiary alicyclic amines) is 1. The Balaban J connectivity index is 1.84. The van der Waals surface area contributed by atoms with Gasteiger partial charge in [-0.2, -0.15) is 0 Å². The van der Waals surface area contributed by atoms with Crippen LogP contribution in [-0.4, -0.2) is 24.0 Å². The minimum absolute atomic E-state index is 0.948. The van der Waals surface area contributed by atoms with Crippen molar-refractivity contribution < 1.29 is 0 Å². The SMILES string of the molecule is CC[C@H]1CCN(C2CC2)C[C@H]1C. The first-order chi connectivity index (χ1) is 5.81. The fraction of sp³-hybridized carbons (Fsp3) is 1.00. The highest BCUT2D eigenvalue weighted by Crippen LogP contribution is 2.33. The average molecular weight is 167 g/mol. The summed E-state index contributed by atoms with van der Waals surface area (Å²) in [5, 5.41) is 0. The number of rotatable bonds is 2. The van der Waals surface area contributed by atoms with Gasteiger partial charge in [0.1, 0.15) is 0 Å². The zero-order chi connectivity index (χ0) is 8.55. The molecule has 2 atom stereocenters. The molecule has 2 fully saturated rings. The van der Waals surface area contributed by atoms with Crippen molar-refractivity contribution in [1.29, 1.82) is 0 Å². The first-order valence-electron chi connectivity index (χ1n) is 5.55. The van der Waals surface area contributed by atoms with E-state index >= 15 is 0 Å². The highest BCUT2D eigenvalue weighted by Gasteiger charge is 2.34. The Bertz CT molecular complexity index is 151. The van der Waals surface area contributed by atoms with Crippen LogP contribution in [0.3, 0.4) is 0 Å². The summed E-state index contributed by atoms with van der Waals surface area (Å²) in [5.41, 5.74) is 0. The van der Waals surface area contributed by atoms with Crippen molar-refractivity contribution in [3.05, 3.63) is 0 Å². The second-order valence-electron chi connectivity index (χ2n) is 4.66. The van der Waals surface area contributed by atoms with Gasteiger partial charge in [0.05, 0.1) is 0 Å². The second kappa shape index (κ2) is 3.37. The van der Waals surface area contributed by atoms with Crippen LogP contribution in [0.25, 0.3) is 0 Å². The lowest BCUT2D eigenvalue weighted by Crippen LogP contribution is -2.40. The second-order valence-corrected chi connectivity index (χ2v) is 4.66. The molecule has 1 aliphatic carbocycles.